The van der Waals surface area contributed by atoms with Gasteiger partial charge in [-0.05, 0) is 53.5 Å². The van der Waals surface area contributed by atoms with E-state index in [1.165, 1.54) is 5.57 Å². The summed E-state index contributed by atoms with van der Waals surface area (Å²) >= 11 is 0. The topological polar surface area (TPSA) is 74.4 Å². The fraction of sp³-hybridized carbons (Fsp3) is 0.304. The van der Waals surface area contributed by atoms with E-state index in [2.05, 4.69) is 33.7 Å². The minimum absolute atomic E-state index is 0.0555. The Labute approximate surface area is 175 Å². The Morgan fingerprint density at radius 1 is 1.00 bits per heavy atom. The molecule has 7 heteroatoms. The lowest BCUT2D eigenvalue weighted by Crippen LogP contribution is -2.35. The number of ether oxygens (including phenoxy) is 2. The monoisotopic (exact) mass is 401 g/mol. The molecule has 2 aliphatic rings. The van der Waals surface area contributed by atoms with E-state index in [9.17, 15) is 0 Å². The highest BCUT2D eigenvalue weighted by Crippen LogP contribution is 2.45. The van der Waals surface area contributed by atoms with E-state index in [-0.39, 0.29) is 12.0 Å². The third kappa shape index (κ3) is 3.07. The first kappa shape index (κ1) is 18.5. The lowest BCUT2D eigenvalue weighted by molar-refractivity contribution is 0.353. The summed E-state index contributed by atoms with van der Waals surface area (Å²) in [7, 11) is 3.40. The maximum Gasteiger partial charge on any atom is 0.269 e. The standard InChI is InChI=1S/C23H23N5O2/c1-29-19-12-5-3-8-15(19)14-16-9-7-11-18-21(16)24-23-25-26-27-28(23)22(18)17-10-4-6-13-20(17)30-2/h3-6,8,10,12-14,18,22H,7,9,11H2,1-2H3/b16-14+. The number of benzene rings is 2. The summed E-state index contributed by atoms with van der Waals surface area (Å²) in [6.07, 6.45) is 5.26. The highest BCUT2D eigenvalue weighted by atomic mass is 16.5. The lowest BCUT2D eigenvalue weighted by atomic mass is 9.75. The van der Waals surface area contributed by atoms with Gasteiger partial charge in [0.25, 0.3) is 5.95 Å². The van der Waals surface area contributed by atoms with Gasteiger partial charge in [-0.2, -0.15) is 0 Å². The van der Waals surface area contributed by atoms with Crippen molar-refractivity contribution in [1.29, 1.82) is 0 Å². The van der Waals surface area contributed by atoms with E-state index in [1.807, 2.05) is 41.1 Å². The number of tetrazole rings is 1. The molecule has 2 unspecified atom stereocenters. The average molecular weight is 401 g/mol. The molecule has 2 atom stereocenters. The SMILES string of the molecule is COc1ccccc1/C=C1\CCCC2C1=Nc1nnnn1C2c1ccccc1OC. The molecular weight excluding hydrogens is 378 g/mol. The summed E-state index contributed by atoms with van der Waals surface area (Å²) in [5.74, 6) is 2.40. The molecular formula is C23H23N5O2. The smallest absolute Gasteiger partial charge is 0.269 e. The van der Waals surface area contributed by atoms with Crippen molar-refractivity contribution in [3.63, 3.8) is 0 Å². The molecule has 30 heavy (non-hydrogen) atoms. The van der Waals surface area contributed by atoms with Crippen molar-refractivity contribution >= 4 is 17.7 Å². The second-order valence-electron chi connectivity index (χ2n) is 7.52. The molecule has 2 aromatic carbocycles. The normalized spacial score (nSPS) is 21.5. The number of hydrogen-bond acceptors (Lipinski definition) is 6. The van der Waals surface area contributed by atoms with Crippen molar-refractivity contribution in [2.45, 2.75) is 25.3 Å². The van der Waals surface area contributed by atoms with E-state index < -0.39 is 0 Å². The highest BCUT2D eigenvalue weighted by molar-refractivity contribution is 6.08. The Morgan fingerprint density at radius 2 is 1.77 bits per heavy atom. The molecule has 0 saturated heterocycles. The number of hydrogen-bond donors (Lipinski definition) is 0. The predicted octanol–water partition coefficient (Wildman–Crippen LogP) is 4.25. The summed E-state index contributed by atoms with van der Waals surface area (Å²) in [4.78, 5) is 4.89. The Morgan fingerprint density at radius 3 is 2.60 bits per heavy atom. The van der Waals surface area contributed by atoms with Crippen molar-refractivity contribution in [3.8, 4) is 11.5 Å². The van der Waals surface area contributed by atoms with Gasteiger partial charge in [-0.15, -0.1) is 0 Å². The second kappa shape index (κ2) is 7.74. The van der Waals surface area contributed by atoms with Gasteiger partial charge in [0.1, 0.15) is 11.5 Å². The average Bonchev–Trinajstić information content (AvgIpc) is 3.26. The molecule has 5 rings (SSSR count). The number of para-hydroxylation sites is 2. The zero-order chi connectivity index (χ0) is 20.5. The Hall–Kier alpha value is -3.48. The number of fused-ring (bicyclic) bond motifs is 2. The van der Waals surface area contributed by atoms with Gasteiger partial charge in [0.05, 0.1) is 26.0 Å². The Balaban J connectivity index is 1.64. The molecule has 0 amide bonds. The van der Waals surface area contributed by atoms with E-state index in [0.717, 1.165) is 47.6 Å². The number of aliphatic imine (C=N–C) groups is 1. The first-order valence-electron chi connectivity index (χ1n) is 10.1. The molecule has 1 fully saturated rings. The molecule has 3 aromatic rings. The molecule has 1 aliphatic heterocycles. The zero-order valence-corrected chi connectivity index (χ0v) is 17.0. The minimum atomic E-state index is -0.0555. The van der Waals surface area contributed by atoms with Crippen molar-refractivity contribution in [2.24, 2.45) is 10.9 Å². The molecule has 7 nitrogen and oxygen atoms in total. The highest BCUT2D eigenvalue weighted by Gasteiger charge is 2.40. The van der Waals surface area contributed by atoms with Gasteiger partial charge in [-0.3, -0.25) is 0 Å². The van der Waals surface area contributed by atoms with Crippen LogP contribution in [0.3, 0.4) is 0 Å². The van der Waals surface area contributed by atoms with E-state index in [1.54, 1.807) is 14.2 Å². The maximum atomic E-state index is 5.67. The lowest BCUT2D eigenvalue weighted by Gasteiger charge is -2.36. The van der Waals surface area contributed by atoms with Crippen molar-refractivity contribution in [3.05, 3.63) is 65.2 Å². The quantitative estimate of drug-likeness (QED) is 0.653. The van der Waals surface area contributed by atoms with Crippen LogP contribution in [0.1, 0.15) is 36.4 Å². The number of methoxy groups -OCH3 is 2. The van der Waals surface area contributed by atoms with Gasteiger partial charge < -0.3 is 9.47 Å². The number of nitrogens with zero attached hydrogens (tertiary/aromatic N) is 5. The van der Waals surface area contributed by atoms with Crippen LogP contribution in [-0.4, -0.2) is 40.1 Å². The van der Waals surface area contributed by atoms with Crippen molar-refractivity contribution in [1.82, 2.24) is 20.2 Å². The van der Waals surface area contributed by atoms with Gasteiger partial charge in [-0.1, -0.05) is 41.5 Å². The van der Waals surface area contributed by atoms with Crippen molar-refractivity contribution in [2.75, 3.05) is 14.2 Å². The minimum Gasteiger partial charge on any atom is -0.496 e. The first-order valence-corrected chi connectivity index (χ1v) is 10.1. The molecule has 1 saturated carbocycles. The third-order valence-electron chi connectivity index (χ3n) is 5.91. The van der Waals surface area contributed by atoms with Gasteiger partial charge in [-0.25, -0.2) is 9.67 Å². The van der Waals surface area contributed by atoms with Crippen LogP contribution in [0.15, 0.2) is 59.1 Å². The maximum absolute atomic E-state index is 5.67. The van der Waals surface area contributed by atoms with Crippen LogP contribution in [0, 0.1) is 5.92 Å². The summed E-state index contributed by atoms with van der Waals surface area (Å²) in [5, 5.41) is 12.4. The molecule has 1 aliphatic carbocycles. The summed E-state index contributed by atoms with van der Waals surface area (Å²) in [5.41, 5.74) is 4.40. The summed E-state index contributed by atoms with van der Waals surface area (Å²) in [6.45, 7) is 0. The Kier molecular flexibility index (Phi) is 4.78. The fourth-order valence-corrected chi connectivity index (χ4v) is 4.58. The van der Waals surface area contributed by atoms with Crippen LogP contribution < -0.4 is 9.47 Å². The Bertz CT molecular complexity index is 1130. The van der Waals surface area contributed by atoms with Crippen LogP contribution >= 0.6 is 0 Å². The zero-order valence-electron chi connectivity index (χ0n) is 17.0. The second-order valence-corrected chi connectivity index (χ2v) is 7.52. The van der Waals surface area contributed by atoms with Crippen LogP contribution in [0.4, 0.5) is 5.95 Å². The summed E-state index contributed by atoms with van der Waals surface area (Å²) < 4.78 is 13.1. The van der Waals surface area contributed by atoms with Crippen molar-refractivity contribution < 1.29 is 9.47 Å². The van der Waals surface area contributed by atoms with Gasteiger partial charge in [0.2, 0.25) is 0 Å². The van der Waals surface area contributed by atoms with Crippen LogP contribution in [0.2, 0.25) is 0 Å². The first-order chi connectivity index (χ1) is 14.8. The third-order valence-corrected chi connectivity index (χ3v) is 5.91. The molecule has 0 N–H and O–H groups in total. The van der Waals surface area contributed by atoms with Crippen LogP contribution in [-0.2, 0) is 0 Å². The van der Waals surface area contributed by atoms with Gasteiger partial charge >= 0.3 is 0 Å². The molecule has 0 bridgehead atoms. The van der Waals surface area contributed by atoms with E-state index in [0.29, 0.717) is 5.95 Å². The predicted molar refractivity (Wildman–Crippen MR) is 114 cm³/mol. The molecule has 2 heterocycles. The molecule has 0 radical (unpaired) electrons. The molecule has 152 valence electrons. The summed E-state index contributed by atoms with van der Waals surface area (Å²) in [6, 6.07) is 16.1. The fourth-order valence-electron chi connectivity index (χ4n) is 4.58. The van der Waals surface area contributed by atoms with Crippen LogP contribution in [0.5, 0.6) is 11.5 Å². The van der Waals surface area contributed by atoms with Gasteiger partial charge in [0.15, 0.2) is 0 Å². The molecule has 0 spiro atoms. The molecule has 1 aromatic heterocycles. The number of rotatable bonds is 4. The largest absolute Gasteiger partial charge is 0.496 e. The number of aromatic nitrogens is 4. The number of allylic oxidation sites excluding steroid dienone is 1. The van der Waals surface area contributed by atoms with Crippen LogP contribution in [0.25, 0.3) is 6.08 Å². The van der Waals surface area contributed by atoms with Gasteiger partial charge in [0, 0.05) is 17.0 Å². The van der Waals surface area contributed by atoms with E-state index >= 15 is 0 Å². The van der Waals surface area contributed by atoms with E-state index in [4.69, 9.17) is 14.5 Å².